The Morgan fingerprint density at radius 1 is 1.29 bits per heavy atom. The number of rotatable bonds is 4. The van der Waals surface area contributed by atoms with E-state index in [9.17, 15) is 4.79 Å². The summed E-state index contributed by atoms with van der Waals surface area (Å²) in [4.78, 5) is 15.1. The summed E-state index contributed by atoms with van der Waals surface area (Å²) in [6.45, 7) is 5.41. The van der Waals surface area contributed by atoms with E-state index < -0.39 is 0 Å². The molecule has 0 saturated carbocycles. The average Bonchev–Trinajstić information content (AvgIpc) is 2.15. The van der Waals surface area contributed by atoms with E-state index in [0.717, 1.165) is 32.7 Å². The molecule has 1 fully saturated rings. The van der Waals surface area contributed by atoms with Gasteiger partial charge in [0.2, 0.25) is 5.91 Å². The second-order valence-corrected chi connectivity index (χ2v) is 3.75. The molecule has 1 saturated heterocycles. The normalized spacial score (nSPS) is 20.4. The van der Waals surface area contributed by atoms with Crippen molar-refractivity contribution in [3.8, 4) is 0 Å². The SMILES string of the molecule is CN1CCN(C/C=C/CC(N)=O)CC1. The molecule has 0 aromatic heterocycles. The predicted molar refractivity (Wildman–Crippen MR) is 56.9 cm³/mol. The minimum atomic E-state index is -0.264. The third-order valence-electron chi connectivity index (χ3n) is 2.45. The van der Waals surface area contributed by atoms with Crippen molar-refractivity contribution >= 4 is 5.91 Å². The Morgan fingerprint density at radius 3 is 2.50 bits per heavy atom. The van der Waals surface area contributed by atoms with Crippen LogP contribution >= 0.6 is 0 Å². The lowest BCUT2D eigenvalue weighted by molar-refractivity contribution is -0.117. The number of primary amides is 1. The van der Waals surface area contributed by atoms with Crippen molar-refractivity contribution in [2.24, 2.45) is 5.73 Å². The van der Waals surface area contributed by atoms with Crippen LogP contribution in [0, 0.1) is 0 Å². The summed E-state index contributed by atoms with van der Waals surface area (Å²) >= 11 is 0. The summed E-state index contributed by atoms with van der Waals surface area (Å²) < 4.78 is 0. The number of likely N-dealkylation sites (N-methyl/N-ethyl adjacent to an activating group) is 1. The molecular weight excluding hydrogens is 178 g/mol. The Kier molecular flexibility index (Phi) is 4.62. The van der Waals surface area contributed by atoms with Crippen LogP contribution in [0.1, 0.15) is 6.42 Å². The van der Waals surface area contributed by atoms with Gasteiger partial charge in [0, 0.05) is 39.1 Å². The Morgan fingerprint density at radius 2 is 1.93 bits per heavy atom. The molecule has 0 bridgehead atoms. The Labute approximate surface area is 85.3 Å². The summed E-state index contributed by atoms with van der Waals surface area (Å²) in [7, 11) is 2.14. The molecule has 1 aliphatic rings. The van der Waals surface area contributed by atoms with E-state index in [1.54, 1.807) is 0 Å². The molecule has 1 rings (SSSR count). The lowest BCUT2D eigenvalue weighted by Crippen LogP contribution is -2.44. The first-order valence-electron chi connectivity index (χ1n) is 5.02. The fourth-order valence-electron chi connectivity index (χ4n) is 1.45. The highest BCUT2D eigenvalue weighted by Crippen LogP contribution is 1.98. The molecule has 0 spiro atoms. The van der Waals surface area contributed by atoms with Gasteiger partial charge in [-0.3, -0.25) is 9.69 Å². The molecule has 1 heterocycles. The smallest absolute Gasteiger partial charge is 0.221 e. The van der Waals surface area contributed by atoms with E-state index in [1.807, 2.05) is 12.2 Å². The van der Waals surface area contributed by atoms with Crippen LogP contribution in [0.15, 0.2) is 12.2 Å². The van der Waals surface area contributed by atoms with Crippen LogP contribution in [0.3, 0.4) is 0 Å². The molecule has 0 radical (unpaired) electrons. The highest BCUT2D eigenvalue weighted by atomic mass is 16.1. The molecule has 0 atom stereocenters. The summed E-state index contributed by atoms with van der Waals surface area (Å²) in [6.07, 6.45) is 4.23. The van der Waals surface area contributed by atoms with Crippen molar-refractivity contribution in [2.45, 2.75) is 6.42 Å². The van der Waals surface area contributed by atoms with Gasteiger partial charge in [-0.15, -0.1) is 0 Å². The van der Waals surface area contributed by atoms with Gasteiger partial charge < -0.3 is 10.6 Å². The van der Waals surface area contributed by atoms with E-state index >= 15 is 0 Å². The highest BCUT2D eigenvalue weighted by Gasteiger charge is 2.11. The van der Waals surface area contributed by atoms with Gasteiger partial charge in [-0.1, -0.05) is 12.2 Å². The van der Waals surface area contributed by atoms with Crippen LogP contribution in [0.4, 0.5) is 0 Å². The van der Waals surface area contributed by atoms with Crippen LogP contribution in [0.5, 0.6) is 0 Å². The second-order valence-electron chi connectivity index (χ2n) is 3.75. The number of piperazine rings is 1. The molecule has 80 valence electrons. The van der Waals surface area contributed by atoms with Gasteiger partial charge in [0.25, 0.3) is 0 Å². The number of carbonyl (C=O) groups is 1. The van der Waals surface area contributed by atoms with Gasteiger partial charge in [0.1, 0.15) is 0 Å². The first-order chi connectivity index (χ1) is 6.68. The maximum atomic E-state index is 10.4. The molecule has 0 unspecified atom stereocenters. The maximum absolute atomic E-state index is 10.4. The van der Waals surface area contributed by atoms with Crippen LogP contribution in [0.25, 0.3) is 0 Å². The van der Waals surface area contributed by atoms with Gasteiger partial charge in [0.15, 0.2) is 0 Å². The van der Waals surface area contributed by atoms with E-state index in [-0.39, 0.29) is 5.91 Å². The van der Waals surface area contributed by atoms with Crippen molar-refractivity contribution in [2.75, 3.05) is 39.8 Å². The summed E-state index contributed by atoms with van der Waals surface area (Å²) in [5.41, 5.74) is 5.02. The van der Waals surface area contributed by atoms with Gasteiger partial charge in [-0.25, -0.2) is 0 Å². The van der Waals surface area contributed by atoms with Gasteiger partial charge in [-0.2, -0.15) is 0 Å². The summed E-state index contributed by atoms with van der Waals surface area (Å²) in [5.74, 6) is -0.264. The average molecular weight is 197 g/mol. The third-order valence-corrected chi connectivity index (χ3v) is 2.45. The fourth-order valence-corrected chi connectivity index (χ4v) is 1.45. The van der Waals surface area contributed by atoms with Crippen molar-refractivity contribution in [3.05, 3.63) is 12.2 Å². The monoisotopic (exact) mass is 197 g/mol. The van der Waals surface area contributed by atoms with E-state index in [0.29, 0.717) is 6.42 Å². The number of carbonyl (C=O) groups excluding carboxylic acids is 1. The maximum Gasteiger partial charge on any atom is 0.221 e. The first-order valence-corrected chi connectivity index (χ1v) is 5.02. The van der Waals surface area contributed by atoms with Crippen LogP contribution in [-0.4, -0.2) is 55.5 Å². The van der Waals surface area contributed by atoms with Crippen molar-refractivity contribution in [3.63, 3.8) is 0 Å². The third kappa shape index (κ3) is 4.39. The van der Waals surface area contributed by atoms with Crippen LogP contribution in [-0.2, 0) is 4.79 Å². The number of nitrogens with two attached hydrogens (primary N) is 1. The molecule has 0 aliphatic carbocycles. The molecule has 2 N–H and O–H groups in total. The Hall–Kier alpha value is -0.870. The molecular formula is C10H19N3O. The topological polar surface area (TPSA) is 49.6 Å². The largest absolute Gasteiger partial charge is 0.369 e. The molecule has 1 aliphatic heterocycles. The minimum absolute atomic E-state index is 0.264. The first kappa shape index (κ1) is 11.2. The molecule has 0 aromatic rings. The van der Waals surface area contributed by atoms with Gasteiger partial charge >= 0.3 is 0 Å². The van der Waals surface area contributed by atoms with Crippen LogP contribution < -0.4 is 5.73 Å². The number of hydrogen-bond acceptors (Lipinski definition) is 3. The molecule has 4 heteroatoms. The van der Waals surface area contributed by atoms with Gasteiger partial charge in [-0.05, 0) is 7.05 Å². The zero-order valence-electron chi connectivity index (χ0n) is 8.78. The summed E-state index contributed by atoms with van der Waals surface area (Å²) in [6, 6.07) is 0. The quantitative estimate of drug-likeness (QED) is 0.628. The number of nitrogens with zero attached hydrogens (tertiary/aromatic N) is 2. The second kappa shape index (κ2) is 5.78. The Balaban J connectivity index is 2.12. The van der Waals surface area contributed by atoms with Crippen molar-refractivity contribution in [1.82, 2.24) is 9.80 Å². The van der Waals surface area contributed by atoms with Crippen molar-refractivity contribution < 1.29 is 4.79 Å². The van der Waals surface area contributed by atoms with E-state index in [1.165, 1.54) is 0 Å². The standard InChI is InChI=1S/C10H19N3O/c1-12-6-8-13(9-7-12)5-3-2-4-10(11)14/h2-3H,4-9H2,1H3,(H2,11,14)/b3-2+. The number of amides is 1. The van der Waals surface area contributed by atoms with E-state index in [4.69, 9.17) is 5.73 Å². The zero-order chi connectivity index (χ0) is 10.4. The zero-order valence-corrected chi connectivity index (χ0v) is 8.78. The van der Waals surface area contributed by atoms with Gasteiger partial charge in [0.05, 0.1) is 0 Å². The minimum Gasteiger partial charge on any atom is -0.369 e. The lowest BCUT2D eigenvalue weighted by atomic mass is 10.3. The molecule has 0 aromatic carbocycles. The highest BCUT2D eigenvalue weighted by molar-refractivity contribution is 5.75. The molecule has 1 amide bonds. The fraction of sp³-hybridized carbons (Fsp3) is 0.700. The molecule has 14 heavy (non-hydrogen) atoms. The predicted octanol–water partition coefficient (Wildman–Crippen LogP) is -0.335. The number of hydrogen-bond donors (Lipinski definition) is 1. The molecule has 4 nitrogen and oxygen atoms in total. The van der Waals surface area contributed by atoms with E-state index in [2.05, 4.69) is 16.8 Å². The van der Waals surface area contributed by atoms with Crippen LogP contribution in [0.2, 0.25) is 0 Å². The lowest BCUT2D eigenvalue weighted by Gasteiger charge is -2.31. The Bertz CT molecular complexity index is 207. The van der Waals surface area contributed by atoms with Crippen molar-refractivity contribution in [1.29, 1.82) is 0 Å². The summed E-state index contributed by atoms with van der Waals surface area (Å²) in [5, 5.41) is 0.